The van der Waals surface area contributed by atoms with Gasteiger partial charge in [-0.1, -0.05) is 48.5 Å². The SMILES string of the molecule is COc1ccc(/C=N\NC(=O)c2cccc3ccccc23)cc1OS(=O)(=O)c1ccccc1[N+](=O)[O-]. The van der Waals surface area contributed by atoms with E-state index in [0.717, 1.165) is 22.9 Å². The molecule has 182 valence electrons. The number of ether oxygens (including phenoxy) is 1. The Morgan fingerprint density at radius 2 is 1.69 bits per heavy atom. The van der Waals surface area contributed by atoms with Crippen molar-refractivity contribution in [3.8, 4) is 11.5 Å². The molecule has 0 aliphatic carbocycles. The van der Waals surface area contributed by atoms with Crippen LogP contribution in [0.3, 0.4) is 0 Å². The van der Waals surface area contributed by atoms with Crippen LogP contribution in [0.15, 0.2) is 94.9 Å². The monoisotopic (exact) mass is 505 g/mol. The zero-order chi connectivity index (χ0) is 25.7. The van der Waals surface area contributed by atoms with Crippen LogP contribution in [0.1, 0.15) is 15.9 Å². The van der Waals surface area contributed by atoms with E-state index >= 15 is 0 Å². The highest BCUT2D eigenvalue weighted by Crippen LogP contribution is 2.32. The Morgan fingerprint density at radius 1 is 0.972 bits per heavy atom. The number of nitrogens with zero attached hydrogens (tertiary/aromatic N) is 2. The average Bonchev–Trinajstić information content (AvgIpc) is 2.88. The summed E-state index contributed by atoms with van der Waals surface area (Å²) in [7, 11) is -3.25. The molecule has 0 aromatic heterocycles. The number of hydrogen-bond donors (Lipinski definition) is 1. The fraction of sp³-hybridized carbons (Fsp3) is 0.0400. The fourth-order valence-electron chi connectivity index (χ4n) is 3.47. The molecular weight excluding hydrogens is 486 g/mol. The van der Waals surface area contributed by atoms with Crippen LogP contribution in [0.25, 0.3) is 10.8 Å². The van der Waals surface area contributed by atoms with E-state index in [1.807, 2.05) is 30.3 Å². The van der Waals surface area contributed by atoms with Gasteiger partial charge in [0.25, 0.3) is 11.6 Å². The van der Waals surface area contributed by atoms with Gasteiger partial charge in [0.05, 0.1) is 18.2 Å². The normalized spacial score (nSPS) is 11.4. The van der Waals surface area contributed by atoms with E-state index < -0.39 is 31.5 Å². The standard InChI is InChI=1S/C25H19N3O7S/c1-34-22-14-13-17(15-23(22)35-36(32,33)24-12-5-4-11-21(24)28(30)31)16-26-27-25(29)20-10-6-8-18-7-2-3-9-19(18)20/h2-16H,1H3,(H,27,29)/b26-16-. The highest BCUT2D eigenvalue weighted by molar-refractivity contribution is 7.87. The Labute approximate surface area is 206 Å². The summed E-state index contributed by atoms with van der Waals surface area (Å²) in [5.41, 5.74) is 2.65. The average molecular weight is 506 g/mol. The molecule has 11 heteroatoms. The van der Waals surface area contributed by atoms with Crippen LogP contribution in [0.5, 0.6) is 11.5 Å². The summed E-state index contributed by atoms with van der Waals surface area (Å²) in [5, 5.41) is 16.9. The van der Waals surface area contributed by atoms with Crippen molar-refractivity contribution >= 4 is 38.7 Å². The third-order valence-corrected chi connectivity index (χ3v) is 6.42. The molecule has 0 atom stereocenters. The Balaban J connectivity index is 1.56. The molecule has 4 aromatic carbocycles. The molecule has 0 saturated carbocycles. The number of methoxy groups -OCH3 is 1. The molecule has 0 spiro atoms. The number of fused-ring (bicyclic) bond motifs is 1. The maximum atomic E-state index is 12.8. The molecule has 0 saturated heterocycles. The summed E-state index contributed by atoms with van der Waals surface area (Å²) < 4.78 is 35.9. The van der Waals surface area contributed by atoms with E-state index in [-0.39, 0.29) is 11.5 Å². The van der Waals surface area contributed by atoms with Crippen LogP contribution in [0, 0.1) is 10.1 Å². The molecule has 0 aliphatic rings. The number of rotatable bonds is 8. The lowest BCUT2D eigenvalue weighted by Gasteiger charge is -2.11. The molecule has 0 bridgehead atoms. The summed E-state index contributed by atoms with van der Waals surface area (Å²) >= 11 is 0. The molecule has 10 nitrogen and oxygen atoms in total. The van der Waals surface area contributed by atoms with Gasteiger partial charge in [-0.2, -0.15) is 13.5 Å². The molecule has 4 rings (SSSR count). The van der Waals surface area contributed by atoms with Crippen molar-refractivity contribution in [2.24, 2.45) is 5.10 Å². The number of carbonyl (C=O) groups is 1. The molecule has 0 unspecified atom stereocenters. The number of benzene rings is 4. The van der Waals surface area contributed by atoms with Gasteiger partial charge in [-0.3, -0.25) is 14.9 Å². The quantitative estimate of drug-likeness (QED) is 0.163. The van der Waals surface area contributed by atoms with Gasteiger partial charge in [0.1, 0.15) is 0 Å². The van der Waals surface area contributed by atoms with Crippen molar-refractivity contribution in [3.63, 3.8) is 0 Å². The van der Waals surface area contributed by atoms with Gasteiger partial charge in [0, 0.05) is 11.6 Å². The maximum Gasteiger partial charge on any atom is 0.346 e. The third kappa shape index (κ3) is 5.15. The Kier molecular flexibility index (Phi) is 6.93. The van der Waals surface area contributed by atoms with Crippen molar-refractivity contribution in [2.45, 2.75) is 4.90 Å². The van der Waals surface area contributed by atoms with E-state index in [9.17, 15) is 23.3 Å². The highest BCUT2D eigenvalue weighted by atomic mass is 32.2. The second-order valence-corrected chi connectivity index (χ2v) is 8.91. The first-order chi connectivity index (χ1) is 17.3. The van der Waals surface area contributed by atoms with Crippen molar-refractivity contribution in [3.05, 3.63) is 106 Å². The smallest absolute Gasteiger partial charge is 0.346 e. The largest absolute Gasteiger partial charge is 0.493 e. The van der Waals surface area contributed by atoms with Gasteiger partial charge in [0.15, 0.2) is 16.4 Å². The molecule has 0 heterocycles. The minimum absolute atomic E-state index is 0.0779. The molecular formula is C25H19N3O7S. The Morgan fingerprint density at radius 3 is 2.47 bits per heavy atom. The summed E-state index contributed by atoms with van der Waals surface area (Å²) in [6, 6.07) is 21.9. The van der Waals surface area contributed by atoms with Crippen molar-refractivity contribution in [1.82, 2.24) is 5.43 Å². The van der Waals surface area contributed by atoms with Crippen LogP contribution < -0.4 is 14.3 Å². The van der Waals surface area contributed by atoms with Gasteiger partial charge in [0.2, 0.25) is 0 Å². The summed E-state index contributed by atoms with van der Waals surface area (Å²) in [5.74, 6) is -0.555. The molecule has 0 fully saturated rings. The second-order valence-electron chi connectivity index (χ2n) is 7.40. The van der Waals surface area contributed by atoms with Gasteiger partial charge in [-0.05, 0) is 46.7 Å². The minimum atomic E-state index is -4.57. The fourth-order valence-corrected chi connectivity index (χ4v) is 4.57. The lowest BCUT2D eigenvalue weighted by molar-refractivity contribution is -0.387. The predicted molar refractivity (Wildman–Crippen MR) is 133 cm³/mol. The van der Waals surface area contributed by atoms with E-state index in [1.165, 1.54) is 37.6 Å². The van der Waals surface area contributed by atoms with Gasteiger partial charge >= 0.3 is 10.1 Å². The van der Waals surface area contributed by atoms with Crippen LogP contribution in [0.2, 0.25) is 0 Å². The summed E-state index contributed by atoms with van der Waals surface area (Å²) in [6.45, 7) is 0. The number of hydrazone groups is 1. The Hall–Kier alpha value is -4.77. The third-order valence-electron chi connectivity index (χ3n) is 5.13. The van der Waals surface area contributed by atoms with Crippen molar-refractivity contribution in [1.29, 1.82) is 0 Å². The minimum Gasteiger partial charge on any atom is -0.493 e. The van der Waals surface area contributed by atoms with Gasteiger partial charge in [-0.25, -0.2) is 5.43 Å². The maximum absolute atomic E-state index is 12.8. The second kappa shape index (κ2) is 10.2. The molecule has 1 amide bonds. The summed E-state index contributed by atoms with van der Waals surface area (Å²) in [4.78, 5) is 22.5. The lowest BCUT2D eigenvalue weighted by Crippen LogP contribution is -2.18. The number of amides is 1. The van der Waals surface area contributed by atoms with E-state index in [2.05, 4.69) is 10.5 Å². The number of hydrogen-bond acceptors (Lipinski definition) is 8. The Bertz CT molecular complexity index is 1600. The first kappa shape index (κ1) is 24.4. The predicted octanol–water partition coefficient (Wildman–Crippen LogP) is 4.29. The zero-order valence-electron chi connectivity index (χ0n) is 18.8. The topological polar surface area (TPSA) is 137 Å². The van der Waals surface area contributed by atoms with Crippen LogP contribution >= 0.6 is 0 Å². The van der Waals surface area contributed by atoms with Crippen molar-refractivity contribution in [2.75, 3.05) is 7.11 Å². The van der Waals surface area contributed by atoms with Crippen LogP contribution in [-0.2, 0) is 10.1 Å². The van der Waals surface area contributed by atoms with E-state index in [1.54, 1.807) is 18.2 Å². The van der Waals surface area contributed by atoms with Crippen LogP contribution in [-0.4, -0.2) is 32.6 Å². The molecule has 1 N–H and O–H groups in total. The highest BCUT2D eigenvalue weighted by Gasteiger charge is 2.28. The number of para-hydroxylation sites is 1. The number of nitro groups is 1. The number of nitrogens with one attached hydrogen (secondary N) is 1. The first-order valence-electron chi connectivity index (χ1n) is 10.5. The molecule has 0 radical (unpaired) electrons. The molecule has 4 aromatic rings. The van der Waals surface area contributed by atoms with Crippen molar-refractivity contribution < 1.29 is 27.1 Å². The number of nitro benzene ring substituents is 1. The molecule has 0 aliphatic heterocycles. The lowest BCUT2D eigenvalue weighted by atomic mass is 10.0. The zero-order valence-corrected chi connectivity index (χ0v) is 19.6. The number of carbonyl (C=O) groups excluding carboxylic acids is 1. The van der Waals surface area contributed by atoms with Gasteiger partial charge < -0.3 is 8.92 Å². The van der Waals surface area contributed by atoms with E-state index in [0.29, 0.717) is 11.1 Å². The van der Waals surface area contributed by atoms with E-state index in [4.69, 9.17) is 8.92 Å². The van der Waals surface area contributed by atoms with Gasteiger partial charge in [-0.15, -0.1) is 0 Å². The summed E-state index contributed by atoms with van der Waals surface area (Å²) in [6.07, 6.45) is 1.30. The first-order valence-corrected chi connectivity index (χ1v) is 11.9. The molecule has 36 heavy (non-hydrogen) atoms. The van der Waals surface area contributed by atoms with Crippen LogP contribution in [0.4, 0.5) is 5.69 Å².